The topological polar surface area (TPSA) is 99.9 Å². The standard InChI is InChI=1S/C21H23FN2O6S/c1-12-8-17(28-5)18(10-14(12)22)29-11-19-23-15-9-13(31(26)27)6-7-16(15)24(19)20(25)30-21(2,3)4/h6-10H,11H2,1-5H3,(H,26,27). The van der Waals surface area contributed by atoms with Gasteiger partial charge in [0.05, 0.1) is 23.0 Å². The second-order valence-electron chi connectivity index (χ2n) is 7.78. The predicted octanol–water partition coefficient (Wildman–Crippen LogP) is 4.44. The molecule has 166 valence electrons. The van der Waals surface area contributed by atoms with Gasteiger partial charge >= 0.3 is 6.09 Å². The van der Waals surface area contributed by atoms with Crippen LogP contribution in [0.3, 0.4) is 0 Å². The molecule has 8 nitrogen and oxygen atoms in total. The van der Waals surface area contributed by atoms with E-state index in [1.807, 2.05) is 0 Å². The number of benzene rings is 2. The van der Waals surface area contributed by atoms with Crippen LogP contribution in [-0.4, -0.2) is 37.1 Å². The molecule has 3 aromatic rings. The third kappa shape index (κ3) is 5.02. The van der Waals surface area contributed by atoms with Gasteiger partial charge in [-0.3, -0.25) is 0 Å². The number of halogens is 1. The van der Waals surface area contributed by atoms with Gasteiger partial charge in [0, 0.05) is 6.07 Å². The molecule has 1 heterocycles. The first kappa shape index (κ1) is 22.7. The number of aromatic nitrogens is 2. The Morgan fingerprint density at radius 3 is 2.55 bits per heavy atom. The molecule has 0 aliphatic carbocycles. The normalized spacial score (nSPS) is 12.6. The number of nitrogens with zero attached hydrogens (tertiary/aromatic N) is 2. The number of aryl methyl sites for hydroxylation is 1. The Balaban J connectivity index is 2.04. The average Bonchev–Trinajstić information content (AvgIpc) is 3.04. The fraction of sp³-hybridized carbons (Fsp3) is 0.333. The zero-order valence-corrected chi connectivity index (χ0v) is 18.6. The molecule has 0 aliphatic rings. The molecule has 1 unspecified atom stereocenters. The van der Waals surface area contributed by atoms with Gasteiger partial charge in [0.1, 0.15) is 18.0 Å². The summed E-state index contributed by atoms with van der Waals surface area (Å²) in [6.45, 7) is 6.59. The Bertz CT molecular complexity index is 1170. The molecule has 10 heteroatoms. The number of hydrogen-bond acceptors (Lipinski definition) is 6. The van der Waals surface area contributed by atoms with Crippen molar-refractivity contribution in [1.82, 2.24) is 9.55 Å². The lowest BCUT2D eigenvalue weighted by Gasteiger charge is -2.20. The van der Waals surface area contributed by atoms with Gasteiger partial charge in [-0.05, 0) is 57.5 Å². The number of imidazole rings is 1. The van der Waals surface area contributed by atoms with E-state index < -0.39 is 28.6 Å². The molecule has 1 atom stereocenters. The van der Waals surface area contributed by atoms with Crippen LogP contribution in [0.4, 0.5) is 9.18 Å². The van der Waals surface area contributed by atoms with Crippen LogP contribution in [0.2, 0.25) is 0 Å². The fourth-order valence-electron chi connectivity index (χ4n) is 2.88. The summed E-state index contributed by atoms with van der Waals surface area (Å²) in [4.78, 5) is 17.4. The Morgan fingerprint density at radius 1 is 1.23 bits per heavy atom. The largest absolute Gasteiger partial charge is 0.493 e. The summed E-state index contributed by atoms with van der Waals surface area (Å²) >= 11 is -2.21. The van der Waals surface area contributed by atoms with Gasteiger partial charge in [0.2, 0.25) is 0 Å². The summed E-state index contributed by atoms with van der Waals surface area (Å²) in [5.41, 5.74) is 0.326. The minimum absolute atomic E-state index is 0.135. The van der Waals surface area contributed by atoms with E-state index in [0.29, 0.717) is 22.3 Å². The number of methoxy groups -OCH3 is 1. The van der Waals surface area contributed by atoms with Crippen molar-refractivity contribution in [1.29, 1.82) is 0 Å². The van der Waals surface area contributed by atoms with Crippen LogP contribution < -0.4 is 9.47 Å². The van der Waals surface area contributed by atoms with Crippen molar-refractivity contribution < 1.29 is 32.2 Å². The van der Waals surface area contributed by atoms with E-state index in [0.717, 1.165) is 0 Å². The average molecular weight is 450 g/mol. The van der Waals surface area contributed by atoms with Gasteiger partial charge in [-0.2, -0.15) is 0 Å². The van der Waals surface area contributed by atoms with Gasteiger partial charge in [0.15, 0.2) is 28.4 Å². The summed E-state index contributed by atoms with van der Waals surface area (Å²) in [6.07, 6.45) is -0.687. The van der Waals surface area contributed by atoms with Crippen molar-refractivity contribution in [3.05, 3.63) is 47.5 Å². The number of ether oxygens (including phenoxy) is 3. The molecule has 0 fully saturated rings. The summed E-state index contributed by atoms with van der Waals surface area (Å²) in [7, 11) is 1.44. The highest BCUT2D eigenvalue weighted by Gasteiger charge is 2.24. The van der Waals surface area contributed by atoms with E-state index in [2.05, 4.69) is 4.98 Å². The highest BCUT2D eigenvalue weighted by Crippen LogP contribution is 2.31. The fourth-order valence-corrected chi connectivity index (χ4v) is 3.27. The maximum absolute atomic E-state index is 14.0. The zero-order chi connectivity index (χ0) is 22.9. The SMILES string of the molecule is COc1cc(C)c(F)cc1OCc1nc2cc(S(=O)O)ccc2n1C(=O)OC(C)(C)C. The van der Waals surface area contributed by atoms with Gasteiger partial charge in [-0.25, -0.2) is 22.9 Å². The van der Waals surface area contributed by atoms with E-state index in [-0.39, 0.29) is 23.1 Å². The summed E-state index contributed by atoms with van der Waals surface area (Å²) < 4.78 is 52.4. The van der Waals surface area contributed by atoms with E-state index in [1.54, 1.807) is 27.7 Å². The molecule has 0 spiro atoms. The smallest absolute Gasteiger partial charge is 0.420 e. The van der Waals surface area contributed by atoms with Crippen molar-refractivity contribution in [3.63, 3.8) is 0 Å². The Kier molecular flexibility index (Phi) is 6.33. The third-order valence-electron chi connectivity index (χ3n) is 4.27. The number of hydrogen-bond donors (Lipinski definition) is 1. The van der Waals surface area contributed by atoms with E-state index in [1.165, 1.54) is 42.0 Å². The minimum Gasteiger partial charge on any atom is -0.493 e. The van der Waals surface area contributed by atoms with Crippen LogP contribution in [0, 0.1) is 12.7 Å². The van der Waals surface area contributed by atoms with Crippen molar-refractivity contribution in [2.45, 2.75) is 44.8 Å². The highest BCUT2D eigenvalue weighted by atomic mass is 32.2. The Morgan fingerprint density at radius 2 is 1.94 bits per heavy atom. The Labute approximate surface area is 181 Å². The monoisotopic (exact) mass is 450 g/mol. The second kappa shape index (κ2) is 8.64. The van der Waals surface area contributed by atoms with E-state index in [9.17, 15) is 17.9 Å². The third-order valence-corrected chi connectivity index (χ3v) is 4.93. The van der Waals surface area contributed by atoms with E-state index in [4.69, 9.17) is 14.2 Å². The van der Waals surface area contributed by atoms with Crippen molar-refractivity contribution in [3.8, 4) is 11.5 Å². The molecule has 0 aliphatic heterocycles. The number of rotatable bonds is 5. The van der Waals surface area contributed by atoms with Crippen molar-refractivity contribution >= 4 is 28.2 Å². The molecule has 0 radical (unpaired) electrons. The first-order valence-corrected chi connectivity index (χ1v) is 10.4. The molecule has 3 rings (SSSR count). The van der Waals surface area contributed by atoms with Crippen molar-refractivity contribution in [2.75, 3.05) is 7.11 Å². The number of carbonyl (C=O) groups excluding carboxylic acids is 1. The molecule has 0 saturated heterocycles. The van der Waals surface area contributed by atoms with Gasteiger partial charge < -0.3 is 18.8 Å². The van der Waals surface area contributed by atoms with Crippen LogP contribution in [-0.2, 0) is 22.4 Å². The van der Waals surface area contributed by atoms with Gasteiger partial charge in [-0.1, -0.05) is 0 Å². The molecular weight excluding hydrogens is 427 g/mol. The summed E-state index contributed by atoms with van der Waals surface area (Å²) in [5, 5.41) is 0. The first-order valence-electron chi connectivity index (χ1n) is 9.32. The molecule has 31 heavy (non-hydrogen) atoms. The molecule has 0 bridgehead atoms. The maximum atomic E-state index is 14.0. The van der Waals surface area contributed by atoms with E-state index >= 15 is 0 Å². The lowest BCUT2D eigenvalue weighted by atomic mass is 10.2. The molecule has 2 aromatic carbocycles. The number of fused-ring (bicyclic) bond motifs is 1. The van der Waals surface area contributed by atoms with Crippen LogP contribution in [0.5, 0.6) is 11.5 Å². The summed E-state index contributed by atoms with van der Waals surface area (Å²) in [6, 6.07) is 7.03. The minimum atomic E-state index is -2.21. The van der Waals surface area contributed by atoms with Gasteiger partial charge in [0.25, 0.3) is 0 Å². The van der Waals surface area contributed by atoms with Crippen LogP contribution in [0.15, 0.2) is 35.2 Å². The molecule has 0 amide bonds. The van der Waals surface area contributed by atoms with Crippen LogP contribution >= 0.6 is 0 Å². The molecule has 0 saturated carbocycles. The Hall–Kier alpha value is -2.98. The first-order chi connectivity index (χ1) is 14.5. The lowest BCUT2D eigenvalue weighted by molar-refractivity contribution is 0.0533. The maximum Gasteiger partial charge on any atom is 0.420 e. The molecule has 1 aromatic heterocycles. The predicted molar refractivity (Wildman–Crippen MR) is 112 cm³/mol. The van der Waals surface area contributed by atoms with Crippen LogP contribution in [0.25, 0.3) is 11.0 Å². The highest BCUT2D eigenvalue weighted by molar-refractivity contribution is 7.79. The lowest BCUT2D eigenvalue weighted by Crippen LogP contribution is -2.28. The second-order valence-corrected chi connectivity index (χ2v) is 8.75. The van der Waals surface area contributed by atoms with Gasteiger partial charge in [-0.15, -0.1) is 0 Å². The number of carbonyl (C=O) groups is 1. The van der Waals surface area contributed by atoms with Crippen LogP contribution in [0.1, 0.15) is 32.2 Å². The van der Waals surface area contributed by atoms with Crippen molar-refractivity contribution in [2.24, 2.45) is 0 Å². The molecule has 1 N–H and O–H groups in total. The summed E-state index contributed by atoms with van der Waals surface area (Å²) in [5.74, 6) is 0.182. The quantitative estimate of drug-likeness (QED) is 0.574. The zero-order valence-electron chi connectivity index (χ0n) is 17.8. The molecular formula is C21H23FN2O6S.